The number of benzene rings is 1. The molecule has 0 amide bonds. The Balaban J connectivity index is 2.45. The lowest BCUT2D eigenvalue weighted by molar-refractivity contribution is 0.732. The van der Waals surface area contributed by atoms with Gasteiger partial charge < -0.3 is 5.32 Å². The van der Waals surface area contributed by atoms with Crippen LogP contribution < -0.4 is 5.32 Å². The lowest BCUT2D eigenvalue weighted by Crippen LogP contribution is -2.16. The van der Waals surface area contributed by atoms with Gasteiger partial charge in [0.1, 0.15) is 0 Å². The highest BCUT2D eigenvalue weighted by atomic mass is 35.5. The van der Waals surface area contributed by atoms with Crippen molar-refractivity contribution in [2.45, 2.75) is 6.54 Å². The molecule has 0 aliphatic heterocycles. The molecular weight excluding hydrogens is 237 g/mol. The molecule has 1 aromatic carbocycles. The number of nitrogens with one attached hydrogen (secondary N) is 1. The van der Waals surface area contributed by atoms with Gasteiger partial charge in [-0.25, -0.2) is 0 Å². The fourth-order valence-electron chi connectivity index (χ4n) is 1.08. The number of hydrogen-bond acceptors (Lipinski definition) is 2. The Bertz CT molecular complexity index is 291. The molecule has 4 heteroatoms. The highest BCUT2D eigenvalue weighted by Crippen LogP contribution is 2.20. The third-order valence-corrected chi connectivity index (χ3v) is 3.02. The molecule has 0 heterocycles. The van der Waals surface area contributed by atoms with Crippen LogP contribution in [0.2, 0.25) is 10.0 Å². The molecule has 1 rings (SSSR count). The van der Waals surface area contributed by atoms with E-state index in [1.54, 1.807) is 6.07 Å². The van der Waals surface area contributed by atoms with E-state index in [2.05, 4.69) is 11.6 Å². The topological polar surface area (TPSA) is 12.0 Å². The van der Waals surface area contributed by atoms with Crippen LogP contribution in [0.4, 0.5) is 0 Å². The molecule has 0 radical (unpaired) electrons. The Hall–Kier alpha value is 0.110. The molecule has 0 bridgehead atoms. The first-order valence-electron chi connectivity index (χ1n) is 4.37. The minimum Gasteiger partial charge on any atom is -0.312 e. The Morgan fingerprint density at radius 2 is 2.14 bits per heavy atom. The van der Waals surface area contributed by atoms with Crippen LogP contribution in [0.15, 0.2) is 18.2 Å². The predicted molar refractivity (Wildman–Crippen MR) is 66.6 cm³/mol. The van der Waals surface area contributed by atoms with Crippen LogP contribution in [0.5, 0.6) is 0 Å². The van der Waals surface area contributed by atoms with Crippen LogP contribution >= 0.6 is 35.0 Å². The Morgan fingerprint density at radius 1 is 1.36 bits per heavy atom. The van der Waals surface area contributed by atoms with Gasteiger partial charge >= 0.3 is 0 Å². The van der Waals surface area contributed by atoms with Gasteiger partial charge in [0.05, 0.1) is 0 Å². The Morgan fingerprint density at radius 3 is 2.86 bits per heavy atom. The van der Waals surface area contributed by atoms with E-state index in [0.29, 0.717) is 0 Å². The highest BCUT2D eigenvalue weighted by Gasteiger charge is 2.00. The van der Waals surface area contributed by atoms with Gasteiger partial charge in [0.15, 0.2) is 0 Å². The zero-order valence-electron chi connectivity index (χ0n) is 8.02. The maximum atomic E-state index is 6.01. The molecule has 0 aliphatic carbocycles. The summed E-state index contributed by atoms with van der Waals surface area (Å²) in [4.78, 5) is 0. The van der Waals surface area contributed by atoms with E-state index in [-0.39, 0.29) is 0 Å². The second-order valence-electron chi connectivity index (χ2n) is 2.91. The van der Waals surface area contributed by atoms with Gasteiger partial charge in [-0.1, -0.05) is 23.2 Å². The summed E-state index contributed by atoms with van der Waals surface area (Å²) in [5.74, 6) is 1.11. The maximum Gasteiger partial charge on any atom is 0.0451 e. The summed E-state index contributed by atoms with van der Waals surface area (Å²) in [5.41, 5.74) is 1.06. The monoisotopic (exact) mass is 249 g/mol. The summed E-state index contributed by atoms with van der Waals surface area (Å²) >= 11 is 13.7. The quantitative estimate of drug-likeness (QED) is 0.803. The van der Waals surface area contributed by atoms with E-state index in [1.807, 2.05) is 23.9 Å². The van der Waals surface area contributed by atoms with E-state index < -0.39 is 0 Å². The summed E-state index contributed by atoms with van der Waals surface area (Å²) in [6.07, 6.45) is 2.09. The van der Waals surface area contributed by atoms with Gasteiger partial charge in [0.25, 0.3) is 0 Å². The molecule has 78 valence electrons. The third-order valence-electron chi connectivity index (χ3n) is 1.81. The number of thioether (sulfide) groups is 1. The van der Waals surface area contributed by atoms with Crippen molar-refractivity contribution < 1.29 is 0 Å². The fraction of sp³-hybridized carbons (Fsp3) is 0.400. The molecule has 0 unspecified atom stereocenters. The van der Waals surface area contributed by atoms with Crippen molar-refractivity contribution >= 4 is 35.0 Å². The van der Waals surface area contributed by atoms with Crippen LogP contribution in [0, 0.1) is 0 Å². The zero-order valence-corrected chi connectivity index (χ0v) is 10.3. The van der Waals surface area contributed by atoms with Crippen LogP contribution in [0.3, 0.4) is 0 Å². The minimum atomic E-state index is 0.732. The largest absolute Gasteiger partial charge is 0.312 e. The van der Waals surface area contributed by atoms with Gasteiger partial charge in [-0.15, -0.1) is 0 Å². The normalized spacial score (nSPS) is 10.5. The minimum absolute atomic E-state index is 0.732. The fourth-order valence-corrected chi connectivity index (χ4v) is 1.80. The van der Waals surface area contributed by atoms with Crippen molar-refractivity contribution in [2.24, 2.45) is 0 Å². The molecule has 0 aliphatic rings. The van der Waals surface area contributed by atoms with Crippen molar-refractivity contribution in [1.29, 1.82) is 0 Å². The van der Waals surface area contributed by atoms with Crippen LogP contribution in [0.1, 0.15) is 5.56 Å². The molecule has 1 nitrogen and oxygen atoms in total. The van der Waals surface area contributed by atoms with Crippen molar-refractivity contribution in [3.63, 3.8) is 0 Å². The molecule has 0 spiro atoms. The summed E-state index contributed by atoms with van der Waals surface area (Å²) in [7, 11) is 0. The van der Waals surface area contributed by atoms with Crippen molar-refractivity contribution in [2.75, 3.05) is 18.6 Å². The molecular formula is C10H13Cl2NS. The van der Waals surface area contributed by atoms with Gasteiger partial charge in [0.2, 0.25) is 0 Å². The van der Waals surface area contributed by atoms with Crippen LogP contribution in [-0.4, -0.2) is 18.6 Å². The lowest BCUT2D eigenvalue weighted by atomic mass is 10.2. The van der Waals surface area contributed by atoms with E-state index in [1.165, 1.54) is 0 Å². The van der Waals surface area contributed by atoms with Crippen molar-refractivity contribution in [3.05, 3.63) is 33.8 Å². The highest BCUT2D eigenvalue weighted by molar-refractivity contribution is 7.98. The number of hydrogen-bond donors (Lipinski definition) is 1. The van der Waals surface area contributed by atoms with Gasteiger partial charge in [-0.05, 0) is 30.0 Å². The Labute approximate surface area is 99.2 Å². The lowest BCUT2D eigenvalue weighted by Gasteiger charge is -2.06. The molecule has 0 aromatic heterocycles. The summed E-state index contributed by atoms with van der Waals surface area (Å²) in [6.45, 7) is 1.77. The molecule has 0 saturated carbocycles. The number of rotatable bonds is 5. The third kappa shape index (κ3) is 4.09. The van der Waals surface area contributed by atoms with Gasteiger partial charge in [-0.3, -0.25) is 0 Å². The SMILES string of the molecule is CSCCNCc1cc(Cl)ccc1Cl. The second-order valence-corrected chi connectivity index (χ2v) is 4.73. The summed E-state index contributed by atoms with van der Waals surface area (Å²) < 4.78 is 0. The van der Waals surface area contributed by atoms with Gasteiger partial charge in [-0.2, -0.15) is 11.8 Å². The van der Waals surface area contributed by atoms with Crippen LogP contribution in [0.25, 0.3) is 0 Å². The standard InChI is InChI=1S/C10H13Cl2NS/c1-14-5-4-13-7-8-6-9(11)2-3-10(8)12/h2-3,6,13H,4-5,7H2,1H3. The summed E-state index contributed by atoms with van der Waals surface area (Å²) in [6, 6.07) is 5.53. The molecule has 0 atom stereocenters. The summed E-state index contributed by atoms with van der Waals surface area (Å²) in [5, 5.41) is 4.81. The number of halogens is 2. The average molecular weight is 250 g/mol. The van der Waals surface area contributed by atoms with Crippen molar-refractivity contribution in [1.82, 2.24) is 5.32 Å². The molecule has 1 N–H and O–H groups in total. The zero-order chi connectivity index (χ0) is 10.4. The molecule has 0 fully saturated rings. The van der Waals surface area contributed by atoms with Crippen molar-refractivity contribution in [3.8, 4) is 0 Å². The molecule has 14 heavy (non-hydrogen) atoms. The first-order valence-corrected chi connectivity index (χ1v) is 6.52. The van der Waals surface area contributed by atoms with Gasteiger partial charge in [0, 0.05) is 28.9 Å². The van der Waals surface area contributed by atoms with E-state index in [4.69, 9.17) is 23.2 Å². The van der Waals surface area contributed by atoms with Crippen LogP contribution in [-0.2, 0) is 6.54 Å². The maximum absolute atomic E-state index is 6.01. The van der Waals surface area contributed by atoms with E-state index in [0.717, 1.165) is 34.5 Å². The van der Waals surface area contributed by atoms with E-state index in [9.17, 15) is 0 Å². The molecule has 1 aromatic rings. The Kier molecular flexibility index (Phi) is 5.71. The second kappa shape index (κ2) is 6.57. The first kappa shape index (κ1) is 12.2. The average Bonchev–Trinajstić information content (AvgIpc) is 2.18. The predicted octanol–water partition coefficient (Wildman–Crippen LogP) is 3.45. The first-order chi connectivity index (χ1) is 6.74. The smallest absolute Gasteiger partial charge is 0.0451 e. The van der Waals surface area contributed by atoms with E-state index >= 15 is 0 Å². The molecule has 0 saturated heterocycles.